The van der Waals surface area contributed by atoms with E-state index >= 15 is 0 Å². The minimum Gasteiger partial charge on any atom is -0.463 e. The van der Waals surface area contributed by atoms with Crippen LogP contribution in [0.2, 0.25) is 0 Å². The van der Waals surface area contributed by atoms with Crippen molar-refractivity contribution in [1.29, 1.82) is 0 Å². The topological polar surface area (TPSA) is 144 Å². The van der Waals surface area contributed by atoms with E-state index in [0.29, 0.717) is 0 Å². The number of rotatable bonds is 8. The normalized spacial score (nSPS) is 22.7. The maximum Gasteiger partial charge on any atom is 0.340 e. The summed E-state index contributed by atoms with van der Waals surface area (Å²) in [5, 5.41) is 2.67. The number of ether oxygens (including phenoxy) is 5. The third-order valence-electron chi connectivity index (χ3n) is 5.27. The number of carbonyl (C=O) groups excluding carboxylic acids is 5. The third kappa shape index (κ3) is 7.61. The Morgan fingerprint density at radius 1 is 0.730 bits per heavy atom. The molecule has 1 amide bonds. The van der Waals surface area contributed by atoms with Crippen LogP contribution in [0.5, 0.6) is 0 Å². The van der Waals surface area contributed by atoms with E-state index in [9.17, 15) is 24.0 Å². The highest BCUT2D eigenvalue weighted by molar-refractivity contribution is 5.94. The summed E-state index contributed by atoms with van der Waals surface area (Å²) in [6.07, 6.45) is -5.39. The first-order chi connectivity index (χ1) is 17.7. The first-order valence-corrected chi connectivity index (χ1v) is 11.4. The number of esters is 4. The van der Waals surface area contributed by atoms with Crippen molar-refractivity contribution in [2.45, 2.75) is 51.4 Å². The molecule has 0 bridgehead atoms. The molecule has 3 rings (SSSR count). The molecule has 2 aromatic carbocycles. The third-order valence-corrected chi connectivity index (χ3v) is 5.27. The van der Waals surface area contributed by atoms with Gasteiger partial charge in [-0.05, 0) is 24.3 Å². The van der Waals surface area contributed by atoms with Crippen LogP contribution in [0.4, 0.5) is 0 Å². The molecule has 1 N–H and O–H groups in total. The summed E-state index contributed by atoms with van der Waals surface area (Å²) in [5.74, 6) is -3.53. The van der Waals surface area contributed by atoms with Gasteiger partial charge in [0.15, 0.2) is 12.2 Å². The molecular weight excluding hydrogens is 486 g/mol. The molecule has 37 heavy (non-hydrogen) atoms. The number of nitrogens with one attached hydrogen (secondary N) is 1. The Morgan fingerprint density at radius 2 is 1.27 bits per heavy atom. The smallest absolute Gasteiger partial charge is 0.340 e. The van der Waals surface area contributed by atoms with Crippen molar-refractivity contribution in [1.82, 2.24) is 5.32 Å². The van der Waals surface area contributed by atoms with E-state index in [1.165, 1.54) is 19.1 Å². The zero-order chi connectivity index (χ0) is 26.9. The van der Waals surface area contributed by atoms with Crippen LogP contribution in [0.15, 0.2) is 60.7 Å². The molecule has 5 atom stereocenters. The molecule has 2 aromatic rings. The molecule has 1 saturated heterocycles. The highest BCUT2D eigenvalue weighted by Crippen LogP contribution is 2.29. The first-order valence-electron chi connectivity index (χ1n) is 11.4. The van der Waals surface area contributed by atoms with Crippen LogP contribution in [0.3, 0.4) is 0 Å². The van der Waals surface area contributed by atoms with Gasteiger partial charge in [0.05, 0.1) is 5.56 Å². The first kappa shape index (κ1) is 27.3. The van der Waals surface area contributed by atoms with Crippen molar-refractivity contribution in [2.75, 3.05) is 6.61 Å². The van der Waals surface area contributed by atoms with Gasteiger partial charge in [-0.1, -0.05) is 36.4 Å². The summed E-state index contributed by atoms with van der Waals surface area (Å²) in [4.78, 5) is 61.4. The number of benzene rings is 2. The Balaban J connectivity index is 2.00. The second kappa shape index (κ2) is 12.6. The van der Waals surface area contributed by atoms with Crippen LogP contribution >= 0.6 is 0 Å². The summed E-state index contributed by atoms with van der Waals surface area (Å²) < 4.78 is 27.4. The van der Waals surface area contributed by atoms with Crippen LogP contribution < -0.4 is 5.32 Å². The molecule has 0 spiro atoms. The zero-order valence-electron chi connectivity index (χ0n) is 20.4. The van der Waals surface area contributed by atoms with Gasteiger partial charge >= 0.3 is 23.9 Å². The number of amides is 1. The fourth-order valence-electron chi connectivity index (χ4n) is 3.73. The standard InChI is InChI=1S/C26H27NO10/c1-15(28)33-14-20-22(34-16(2)29)23(35-17(3)30)21(27-24(31)18-10-6-4-7-11-18)26(36-20)37-25(32)19-12-8-5-9-13-19/h4-13,20-23,26H,14H2,1-3H3,(H,27,31)/t20-,21-,22-,23-,26-/m1/s1. The number of hydrogen-bond acceptors (Lipinski definition) is 10. The van der Waals surface area contributed by atoms with Gasteiger partial charge in [0, 0.05) is 26.3 Å². The fourth-order valence-corrected chi connectivity index (χ4v) is 3.73. The van der Waals surface area contributed by atoms with Crippen molar-refractivity contribution in [3.05, 3.63) is 71.8 Å². The van der Waals surface area contributed by atoms with Gasteiger partial charge in [0.1, 0.15) is 18.8 Å². The predicted octanol–water partition coefficient (Wildman–Crippen LogP) is 1.79. The van der Waals surface area contributed by atoms with Crippen molar-refractivity contribution in [2.24, 2.45) is 0 Å². The van der Waals surface area contributed by atoms with E-state index in [0.717, 1.165) is 13.8 Å². The van der Waals surface area contributed by atoms with Crippen molar-refractivity contribution >= 4 is 29.8 Å². The number of hydrogen-bond donors (Lipinski definition) is 1. The Kier molecular flexibility index (Phi) is 9.33. The van der Waals surface area contributed by atoms with Crippen molar-refractivity contribution in [3.8, 4) is 0 Å². The summed E-state index contributed by atoms with van der Waals surface area (Å²) >= 11 is 0. The second-order valence-corrected chi connectivity index (χ2v) is 8.13. The molecule has 1 aliphatic rings. The summed E-state index contributed by atoms with van der Waals surface area (Å²) in [6.45, 7) is 3.02. The molecule has 1 fully saturated rings. The van der Waals surface area contributed by atoms with Crippen LogP contribution in [-0.2, 0) is 38.1 Å². The molecule has 0 unspecified atom stereocenters. The highest BCUT2D eigenvalue weighted by Gasteiger charge is 2.52. The zero-order valence-corrected chi connectivity index (χ0v) is 20.4. The van der Waals surface area contributed by atoms with Crippen LogP contribution in [0.25, 0.3) is 0 Å². The molecule has 1 aliphatic heterocycles. The molecule has 0 aromatic heterocycles. The quantitative estimate of drug-likeness (QED) is 0.410. The van der Waals surface area contributed by atoms with E-state index in [4.69, 9.17) is 23.7 Å². The van der Waals surface area contributed by atoms with Gasteiger partial charge in [-0.15, -0.1) is 0 Å². The largest absolute Gasteiger partial charge is 0.463 e. The van der Waals surface area contributed by atoms with E-state index in [1.54, 1.807) is 48.5 Å². The molecule has 0 radical (unpaired) electrons. The maximum absolute atomic E-state index is 13.0. The highest BCUT2D eigenvalue weighted by atomic mass is 16.7. The molecule has 11 heteroatoms. The predicted molar refractivity (Wildman–Crippen MR) is 126 cm³/mol. The Bertz CT molecular complexity index is 1120. The van der Waals surface area contributed by atoms with Crippen molar-refractivity contribution in [3.63, 3.8) is 0 Å². The summed E-state index contributed by atoms with van der Waals surface area (Å²) in [5.41, 5.74) is 0.463. The monoisotopic (exact) mass is 513 g/mol. The number of carbonyl (C=O) groups is 5. The lowest BCUT2D eigenvalue weighted by molar-refractivity contribution is -0.262. The lowest BCUT2D eigenvalue weighted by atomic mass is 9.95. The Morgan fingerprint density at radius 3 is 1.81 bits per heavy atom. The Labute approximate surface area is 213 Å². The average Bonchev–Trinajstić information content (AvgIpc) is 2.86. The second-order valence-electron chi connectivity index (χ2n) is 8.13. The van der Waals surface area contributed by atoms with E-state index < -0.39 is 67.0 Å². The molecule has 11 nitrogen and oxygen atoms in total. The molecular formula is C26H27NO10. The van der Waals surface area contributed by atoms with Gasteiger partial charge in [0.25, 0.3) is 5.91 Å². The molecule has 1 heterocycles. The van der Waals surface area contributed by atoms with Crippen LogP contribution in [-0.4, -0.2) is 67.0 Å². The molecule has 0 saturated carbocycles. The molecule has 196 valence electrons. The SMILES string of the molecule is CC(=O)OC[C@H]1O[C@H](OC(=O)c2ccccc2)[C@H](NC(=O)c2ccccc2)[C@@H](OC(C)=O)[C@@H]1OC(C)=O. The lowest BCUT2D eigenvalue weighted by Gasteiger charge is -2.44. The van der Waals surface area contributed by atoms with Crippen molar-refractivity contribution < 1.29 is 47.7 Å². The minimum absolute atomic E-state index is 0.196. The van der Waals surface area contributed by atoms with Gasteiger partial charge in [0.2, 0.25) is 6.29 Å². The average molecular weight is 513 g/mol. The van der Waals surface area contributed by atoms with E-state index in [-0.39, 0.29) is 11.1 Å². The van der Waals surface area contributed by atoms with Gasteiger partial charge in [-0.25, -0.2) is 4.79 Å². The van der Waals surface area contributed by atoms with Gasteiger partial charge < -0.3 is 29.0 Å². The minimum atomic E-state index is -1.52. The van der Waals surface area contributed by atoms with Gasteiger partial charge in [-0.3, -0.25) is 19.2 Å². The van der Waals surface area contributed by atoms with Crippen LogP contribution in [0, 0.1) is 0 Å². The summed E-state index contributed by atoms with van der Waals surface area (Å²) in [7, 11) is 0. The van der Waals surface area contributed by atoms with Gasteiger partial charge in [-0.2, -0.15) is 0 Å². The maximum atomic E-state index is 13.0. The fraction of sp³-hybridized carbons (Fsp3) is 0.346. The lowest BCUT2D eigenvalue weighted by Crippen LogP contribution is -2.67. The molecule has 0 aliphatic carbocycles. The summed E-state index contributed by atoms with van der Waals surface area (Å²) in [6, 6.07) is 14.9. The Hall–Kier alpha value is -4.25. The van der Waals surface area contributed by atoms with E-state index in [2.05, 4.69) is 5.32 Å². The van der Waals surface area contributed by atoms with Crippen LogP contribution in [0.1, 0.15) is 41.5 Å². The van der Waals surface area contributed by atoms with E-state index in [1.807, 2.05) is 0 Å².